The van der Waals surface area contributed by atoms with Gasteiger partial charge in [0.05, 0.1) is 82.1 Å². The Hall–Kier alpha value is -16.4. The molecule has 1 aliphatic carbocycles. The van der Waals surface area contributed by atoms with Crippen LogP contribution in [0.5, 0.6) is 0 Å². The second-order valence-corrected chi connectivity index (χ2v) is 39.3. The van der Waals surface area contributed by atoms with E-state index in [0.717, 1.165) is 164 Å². The fourth-order valence-corrected chi connectivity index (χ4v) is 22.8. The lowest BCUT2D eigenvalue weighted by molar-refractivity contribution is 0.0992. The largest absolute Gasteiger partial charge is 0.377 e. The van der Waals surface area contributed by atoms with Crippen molar-refractivity contribution in [1.29, 1.82) is 0 Å². The molecule has 0 spiro atoms. The summed E-state index contributed by atoms with van der Waals surface area (Å²) in [6.07, 6.45) is 22.6. The molecule has 10 aromatic carbocycles. The van der Waals surface area contributed by atoms with Crippen molar-refractivity contribution in [3.05, 3.63) is 486 Å². The third kappa shape index (κ3) is 19.4. The lowest BCUT2D eigenvalue weighted by atomic mass is 9.67. The van der Waals surface area contributed by atoms with Crippen LogP contribution in [0.25, 0.3) is 5.70 Å². The highest BCUT2D eigenvalue weighted by atomic mass is 16.1. The molecule has 15 aromatic rings. The van der Waals surface area contributed by atoms with Crippen LogP contribution < -0.4 is 32.0 Å². The predicted molar refractivity (Wildman–Crippen MR) is 584 cm³/mol. The second kappa shape index (κ2) is 42.6. The Labute approximate surface area is 852 Å². The molecule has 0 amide bonds. The number of hydrogen-bond acceptors (Lipinski definition) is 22. The van der Waals surface area contributed by atoms with Gasteiger partial charge in [-0.25, -0.2) is 0 Å². The summed E-state index contributed by atoms with van der Waals surface area (Å²) in [5.41, 5.74) is 42.3. The minimum atomic E-state index is -0.0111. The Morgan fingerprint density at radius 3 is 1.11 bits per heavy atom. The standard InChI is InChI=1S/C26H26N4.C25H24N4O.C25H23N3O.C24H22N4O.C24H21N3O/c1-17-22-6-4-5-21-15-23(19-11-13-27-14-12-19)24(26(25(21)22)29-28-17)20-9-7-18(8-10-20)16-30(2)3;1-29(2)15-16-6-3-7-17(12-16)22-24(18-8-5-11-26-13-18)28-20-10-4-9-19-21(30)14-27-25(22)23(19)20;1-2-5-16-6-3-7-18(14-16)22-24(17-10-12-26-13-11-17)28-20-9-4-8-19-21(29)15-27-25(22)23(19)20;1-25-13-15-5-7-16(8-6-15)21-23(17-9-11-26-12-10-17)28-19-4-2-3-18-20(29)14-27-24(21)22(18)19;1-2-15-5-3-6-17(13-15)21-23(16-9-11-25-12-10-16)27-19-8-4-7-18-20(28)14-26-24(21)22(18)19/h4-14,23-24,28H,1,15-16H2,2-3H3;3-13,22,24,28H,14-15H2,1-2H3;3-4,6-14,22,24,28H,2,5,15H2,1H3;2-12,21,23,25,28H,13-14H2,1H3;3-13,21,23,27H,2,14H2,1H3. The number of aliphatic imine (C=N–C) groups is 4. The van der Waals surface area contributed by atoms with Crippen LogP contribution in [0.15, 0.2) is 367 Å². The summed E-state index contributed by atoms with van der Waals surface area (Å²) in [7, 11) is 10.3. The van der Waals surface area contributed by atoms with E-state index in [0.29, 0.717) is 5.92 Å². The molecule has 10 aliphatic rings. The van der Waals surface area contributed by atoms with Gasteiger partial charge in [0, 0.05) is 172 Å². The van der Waals surface area contributed by atoms with E-state index in [1.54, 1.807) is 6.20 Å². The molecule has 22 heteroatoms. The molecule has 0 radical (unpaired) electrons. The van der Waals surface area contributed by atoms with Crippen LogP contribution in [0.3, 0.4) is 0 Å². The van der Waals surface area contributed by atoms with Gasteiger partial charge in [-0.3, -0.25) is 69.5 Å². The lowest BCUT2D eigenvalue weighted by Gasteiger charge is -2.38. The van der Waals surface area contributed by atoms with Crippen molar-refractivity contribution >= 4 is 80.1 Å². The van der Waals surface area contributed by atoms with E-state index in [1.807, 2.05) is 154 Å². The molecule has 0 saturated heterocycles. The van der Waals surface area contributed by atoms with Crippen molar-refractivity contribution in [3.63, 3.8) is 0 Å². The molecule has 5 aromatic heterocycles. The minimum Gasteiger partial charge on any atom is -0.377 e. The first-order chi connectivity index (χ1) is 71.5. The number of hydrazone groups is 1. The normalized spacial score (nSPS) is 19.9. The van der Waals surface area contributed by atoms with Crippen molar-refractivity contribution < 1.29 is 19.2 Å². The molecule has 10 atom stereocenters. The summed E-state index contributed by atoms with van der Waals surface area (Å²) >= 11 is 0. The van der Waals surface area contributed by atoms with Crippen molar-refractivity contribution in [2.75, 3.05) is 82.7 Å². The first-order valence-corrected chi connectivity index (χ1v) is 50.4. The number of aryl methyl sites for hydroxylation is 2. The van der Waals surface area contributed by atoms with Crippen LogP contribution in [0.2, 0.25) is 0 Å². The molecule has 6 N–H and O–H groups in total. The van der Waals surface area contributed by atoms with Crippen molar-refractivity contribution in [3.8, 4) is 0 Å². The number of aromatic nitrogens is 5. The molecule has 22 nitrogen and oxygen atoms in total. The number of benzene rings is 10. The molecule has 14 heterocycles. The molecule has 0 bridgehead atoms. The Kier molecular flexibility index (Phi) is 28.0. The highest BCUT2D eigenvalue weighted by molar-refractivity contribution is 6.25. The predicted octanol–water partition coefficient (Wildman–Crippen LogP) is 21.9. The zero-order chi connectivity index (χ0) is 100. The topological polar surface area (TPSA) is 273 Å². The van der Waals surface area contributed by atoms with Gasteiger partial charge >= 0.3 is 0 Å². The summed E-state index contributed by atoms with van der Waals surface area (Å²) in [4.78, 5) is 94.7. The minimum absolute atomic E-state index is 0.00179. The van der Waals surface area contributed by atoms with Crippen LogP contribution in [-0.2, 0) is 38.9 Å². The number of nitrogens with one attached hydrogen (secondary N) is 6. The van der Waals surface area contributed by atoms with Crippen molar-refractivity contribution in [2.45, 2.75) is 119 Å². The summed E-state index contributed by atoms with van der Waals surface area (Å²) in [6.45, 7) is 12.1. The third-order valence-corrected chi connectivity index (χ3v) is 29.3. The molecular formula is C124H116N18O4. The highest BCUT2D eigenvalue weighted by Gasteiger charge is 2.46. The van der Waals surface area contributed by atoms with E-state index in [4.69, 9.17) is 25.1 Å². The SMILES string of the molecule is C=C1NN=C2c3c(cccc31)CC(c1ccncc1)C2c1ccc(CN(C)C)cc1.CCCc1cccc(C2C3=NCC(=O)c4cccc(c43)NC2c2ccncc2)c1.CCc1cccc(C2C3=NCC(=O)c4cccc(c43)NC2c2ccncc2)c1.CN(C)Cc1cccc(C2C3=NCC(=O)c4cccc(c43)NC2c2cccnc2)c1.CNCc1ccc(C2C3=NCC(=O)c4cccc(c43)NC2c2ccncc2)cc1. The smallest absolute Gasteiger partial charge is 0.184 e. The number of anilines is 4. The van der Waals surface area contributed by atoms with E-state index in [1.165, 1.54) is 83.5 Å². The molecule has 9 aliphatic heterocycles. The van der Waals surface area contributed by atoms with Gasteiger partial charge in [-0.15, -0.1) is 0 Å². The number of carbonyl (C=O) groups excluding carboxylic acids is 4. The number of hydrogen-bond donors (Lipinski definition) is 6. The van der Waals surface area contributed by atoms with Crippen LogP contribution in [0.4, 0.5) is 22.7 Å². The maximum absolute atomic E-state index is 12.5. The first kappa shape index (κ1) is 95.8. The number of carbonyl (C=O) groups is 4. The maximum atomic E-state index is 12.5. The molecule has 0 fully saturated rings. The zero-order valence-corrected chi connectivity index (χ0v) is 83.0. The molecule has 0 saturated carbocycles. The van der Waals surface area contributed by atoms with Crippen LogP contribution >= 0.6 is 0 Å². The quantitative estimate of drug-likeness (QED) is 0.0439. The van der Waals surface area contributed by atoms with Crippen LogP contribution in [0, 0.1) is 0 Å². The van der Waals surface area contributed by atoms with Gasteiger partial charge in [0.15, 0.2) is 23.1 Å². The van der Waals surface area contributed by atoms with E-state index >= 15 is 0 Å². The van der Waals surface area contributed by atoms with E-state index < -0.39 is 0 Å². The summed E-state index contributed by atoms with van der Waals surface area (Å²) in [5, 5.41) is 22.8. The van der Waals surface area contributed by atoms with E-state index in [9.17, 15) is 19.2 Å². The average Bonchev–Trinajstić information content (AvgIpc) is 0.754. The summed E-state index contributed by atoms with van der Waals surface area (Å²) in [5.74, 6) is 0.916. The Morgan fingerprint density at radius 1 is 0.329 bits per heavy atom. The summed E-state index contributed by atoms with van der Waals surface area (Å²) < 4.78 is 0. The Bertz CT molecular complexity index is 7620. The van der Waals surface area contributed by atoms with Gasteiger partial charge in [0.1, 0.15) is 26.2 Å². The van der Waals surface area contributed by atoms with Crippen molar-refractivity contribution in [2.24, 2.45) is 25.1 Å². The monoisotopic (exact) mass is 1920 g/mol. The van der Waals surface area contributed by atoms with Crippen LogP contribution in [0.1, 0.15) is 244 Å². The Balaban J connectivity index is 0.000000107. The number of Topliss-reactive ketones (excluding diaryl/α,β-unsaturated/α-hetero) is 4. The second-order valence-electron chi connectivity index (χ2n) is 39.3. The van der Waals surface area contributed by atoms with Gasteiger partial charge in [-0.05, 0) is 222 Å². The molecule has 10 unspecified atom stereocenters. The van der Waals surface area contributed by atoms with Gasteiger partial charge in [-0.2, -0.15) is 5.10 Å². The van der Waals surface area contributed by atoms with E-state index in [-0.39, 0.29) is 103 Å². The molecular weight excluding hydrogens is 1810 g/mol. The van der Waals surface area contributed by atoms with E-state index in [2.05, 4.69) is 297 Å². The van der Waals surface area contributed by atoms with Gasteiger partial charge in [-0.1, -0.05) is 221 Å². The fourth-order valence-electron chi connectivity index (χ4n) is 22.8. The zero-order valence-electron chi connectivity index (χ0n) is 83.0. The third-order valence-electron chi connectivity index (χ3n) is 29.3. The Morgan fingerprint density at radius 2 is 0.692 bits per heavy atom. The fraction of sp³-hybridized carbons (Fsp3) is 0.226. The maximum Gasteiger partial charge on any atom is 0.184 e. The van der Waals surface area contributed by atoms with Gasteiger partial charge in [0.2, 0.25) is 0 Å². The first-order valence-electron chi connectivity index (χ1n) is 50.4. The number of rotatable bonds is 19. The summed E-state index contributed by atoms with van der Waals surface area (Å²) in [6, 6.07) is 94.8. The molecule has 146 heavy (non-hydrogen) atoms. The lowest BCUT2D eigenvalue weighted by Crippen LogP contribution is -2.36. The average molecular weight is 1920 g/mol. The molecule has 25 rings (SSSR count). The number of pyridine rings is 5. The van der Waals surface area contributed by atoms with Gasteiger partial charge < -0.3 is 36.4 Å². The number of nitrogens with zero attached hydrogens (tertiary/aromatic N) is 12. The van der Waals surface area contributed by atoms with Crippen LogP contribution in [-0.4, -0.2) is 148 Å². The highest BCUT2D eigenvalue weighted by Crippen LogP contribution is 2.53. The number of ketones is 4. The molecule has 726 valence electrons. The van der Waals surface area contributed by atoms with Crippen molar-refractivity contribution in [1.82, 2.24) is 45.5 Å². The van der Waals surface area contributed by atoms with Gasteiger partial charge in [0.25, 0.3) is 0 Å².